The van der Waals surface area contributed by atoms with E-state index in [0.29, 0.717) is 19.4 Å². The van der Waals surface area contributed by atoms with Crippen molar-refractivity contribution >= 4 is 17.5 Å². The Bertz CT molecular complexity index is 846. The van der Waals surface area contributed by atoms with E-state index in [-0.39, 0.29) is 11.6 Å². The first-order valence-corrected chi connectivity index (χ1v) is 9.12. The van der Waals surface area contributed by atoms with Crippen LogP contribution in [-0.2, 0) is 22.2 Å². The highest BCUT2D eigenvalue weighted by Crippen LogP contribution is 2.47. The van der Waals surface area contributed by atoms with Gasteiger partial charge in [-0.1, -0.05) is 36.4 Å². The largest absolute Gasteiger partial charge is 0.416 e. The fraction of sp³-hybridized carbons (Fsp3) is 0.333. The zero-order chi connectivity index (χ0) is 20.2. The van der Waals surface area contributed by atoms with Gasteiger partial charge in [0.05, 0.1) is 5.56 Å². The molecule has 0 aliphatic heterocycles. The van der Waals surface area contributed by atoms with Crippen molar-refractivity contribution < 1.29 is 22.8 Å². The maximum Gasteiger partial charge on any atom is 0.416 e. The number of benzene rings is 2. The molecule has 0 saturated heterocycles. The summed E-state index contributed by atoms with van der Waals surface area (Å²) < 4.78 is 38.4. The molecular formula is C21H21F3N2O2. The van der Waals surface area contributed by atoms with Crippen LogP contribution in [0.4, 0.5) is 18.9 Å². The summed E-state index contributed by atoms with van der Waals surface area (Å²) in [4.78, 5) is 24.9. The quantitative estimate of drug-likeness (QED) is 0.551. The van der Waals surface area contributed by atoms with Crippen LogP contribution in [0.3, 0.4) is 0 Å². The second kappa shape index (κ2) is 8.04. The van der Waals surface area contributed by atoms with Crippen LogP contribution in [0.25, 0.3) is 0 Å². The molecule has 2 aromatic carbocycles. The van der Waals surface area contributed by atoms with Gasteiger partial charge in [-0.3, -0.25) is 9.59 Å². The highest BCUT2D eigenvalue weighted by Gasteiger charge is 2.56. The molecule has 0 heterocycles. The Morgan fingerprint density at radius 2 is 1.68 bits per heavy atom. The van der Waals surface area contributed by atoms with Crippen molar-refractivity contribution in [1.82, 2.24) is 5.32 Å². The summed E-state index contributed by atoms with van der Waals surface area (Å²) in [5.74, 6) is -0.933. The van der Waals surface area contributed by atoms with E-state index < -0.39 is 23.1 Å². The molecule has 28 heavy (non-hydrogen) atoms. The maximum absolute atomic E-state index is 12.8. The minimum absolute atomic E-state index is 0.0305. The van der Waals surface area contributed by atoms with Crippen molar-refractivity contribution in [3.8, 4) is 0 Å². The number of halogens is 3. The first-order chi connectivity index (χ1) is 13.3. The number of alkyl halides is 3. The molecule has 2 N–H and O–H groups in total. The molecule has 1 saturated carbocycles. The van der Waals surface area contributed by atoms with E-state index in [1.165, 1.54) is 17.7 Å². The van der Waals surface area contributed by atoms with E-state index in [1.54, 1.807) is 0 Å². The SMILES string of the molecule is O=C(NCCCc1ccccc1)C1(C(=O)Nc2cccc(C(F)(F)F)c2)CC1. The molecule has 0 bridgehead atoms. The molecule has 2 amide bonds. The number of rotatable bonds is 7. The molecule has 148 valence electrons. The average Bonchev–Trinajstić information content (AvgIpc) is 3.48. The predicted octanol–water partition coefficient (Wildman–Crippen LogP) is 4.17. The van der Waals surface area contributed by atoms with Gasteiger partial charge in [0.15, 0.2) is 0 Å². The summed E-state index contributed by atoms with van der Waals surface area (Å²) in [6.07, 6.45) is -2.16. The molecule has 0 aromatic heterocycles. The smallest absolute Gasteiger partial charge is 0.355 e. The van der Waals surface area contributed by atoms with Gasteiger partial charge in [0.1, 0.15) is 5.41 Å². The van der Waals surface area contributed by atoms with Gasteiger partial charge in [0, 0.05) is 12.2 Å². The van der Waals surface area contributed by atoms with Gasteiger partial charge in [-0.05, 0) is 49.4 Å². The molecule has 7 heteroatoms. The number of hydrogen-bond acceptors (Lipinski definition) is 2. The number of nitrogens with one attached hydrogen (secondary N) is 2. The first kappa shape index (κ1) is 19.9. The number of carbonyl (C=O) groups is 2. The number of hydrogen-bond donors (Lipinski definition) is 2. The van der Waals surface area contributed by atoms with Gasteiger partial charge in [0.25, 0.3) is 0 Å². The van der Waals surface area contributed by atoms with Crippen LogP contribution in [0.5, 0.6) is 0 Å². The Kier molecular flexibility index (Phi) is 5.72. The van der Waals surface area contributed by atoms with Crippen LogP contribution >= 0.6 is 0 Å². The van der Waals surface area contributed by atoms with Gasteiger partial charge in [0.2, 0.25) is 11.8 Å². The predicted molar refractivity (Wildman–Crippen MR) is 99.5 cm³/mol. The van der Waals surface area contributed by atoms with Gasteiger partial charge in [-0.15, -0.1) is 0 Å². The van der Waals surface area contributed by atoms with E-state index in [4.69, 9.17) is 0 Å². The lowest BCUT2D eigenvalue weighted by atomic mass is 10.0. The lowest BCUT2D eigenvalue weighted by Crippen LogP contribution is -2.40. The molecule has 0 atom stereocenters. The fourth-order valence-electron chi connectivity index (χ4n) is 3.01. The molecule has 2 aromatic rings. The Morgan fingerprint density at radius 3 is 2.32 bits per heavy atom. The number of carbonyl (C=O) groups excluding carboxylic acids is 2. The van der Waals surface area contributed by atoms with Gasteiger partial charge in [-0.2, -0.15) is 13.2 Å². The Morgan fingerprint density at radius 1 is 0.964 bits per heavy atom. The third kappa shape index (κ3) is 4.71. The van der Waals surface area contributed by atoms with E-state index in [9.17, 15) is 22.8 Å². The van der Waals surface area contributed by atoms with E-state index in [1.807, 2.05) is 30.3 Å². The van der Waals surface area contributed by atoms with Crippen LogP contribution in [0.2, 0.25) is 0 Å². The second-order valence-electron chi connectivity index (χ2n) is 6.96. The molecule has 0 spiro atoms. The van der Waals surface area contributed by atoms with Crippen molar-refractivity contribution in [2.75, 3.05) is 11.9 Å². The lowest BCUT2D eigenvalue weighted by molar-refractivity contribution is -0.138. The van der Waals surface area contributed by atoms with E-state index in [2.05, 4.69) is 10.6 Å². The zero-order valence-corrected chi connectivity index (χ0v) is 15.2. The topological polar surface area (TPSA) is 58.2 Å². The van der Waals surface area contributed by atoms with Crippen LogP contribution in [0.1, 0.15) is 30.4 Å². The molecule has 1 aliphatic carbocycles. The minimum atomic E-state index is -4.49. The van der Waals surface area contributed by atoms with Crippen molar-refractivity contribution in [3.63, 3.8) is 0 Å². The molecule has 1 fully saturated rings. The Hall–Kier alpha value is -2.83. The fourth-order valence-corrected chi connectivity index (χ4v) is 3.01. The third-order valence-corrected chi connectivity index (χ3v) is 4.84. The maximum atomic E-state index is 12.8. The molecule has 1 aliphatic rings. The highest BCUT2D eigenvalue weighted by molar-refractivity contribution is 6.13. The summed E-state index contributed by atoms with van der Waals surface area (Å²) in [7, 11) is 0. The van der Waals surface area contributed by atoms with Crippen LogP contribution in [-0.4, -0.2) is 18.4 Å². The molecule has 0 radical (unpaired) electrons. The minimum Gasteiger partial charge on any atom is -0.355 e. The summed E-state index contributed by atoms with van der Waals surface area (Å²) in [5.41, 5.74) is -0.829. The second-order valence-corrected chi connectivity index (χ2v) is 6.96. The third-order valence-electron chi connectivity index (χ3n) is 4.84. The summed E-state index contributed by atoms with van der Waals surface area (Å²) in [6, 6.07) is 14.2. The summed E-state index contributed by atoms with van der Waals surface area (Å²) in [5, 5.41) is 5.23. The molecular weight excluding hydrogens is 369 g/mol. The standard InChI is InChI=1S/C21H21F3N2O2/c22-21(23,24)16-9-4-10-17(14-16)26-19(28)20(11-12-20)18(27)25-13-5-8-15-6-2-1-3-7-15/h1-4,6-7,9-10,14H,5,8,11-13H2,(H,25,27)(H,26,28). The van der Waals surface area contributed by atoms with Crippen LogP contribution in [0.15, 0.2) is 54.6 Å². The van der Waals surface area contributed by atoms with Crippen molar-refractivity contribution in [3.05, 3.63) is 65.7 Å². The van der Waals surface area contributed by atoms with Crippen molar-refractivity contribution in [2.24, 2.45) is 5.41 Å². The Balaban J connectivity index is 1.52. The van der Waals surface area contributed by atoms with Gasteiger partial charge >= 0.3 is 6.18 Å². The molecule has 0 unspecified atom stereocenters. The van der Waals surface area contributed by atoms with Gasteiger partial charge in [-0.25, -0.2) is 0 Å². The monoisotopic (exact) mass is 390 g/mol. The summed E-state index contributed by atoms with van der Waals surface area (Å²) in [6.45, 7) is 0.437. The first-order valence-electron chi connectivity index (χ1n) is 9.12. The summed E-state index contributed by atoms with van der Waals surface area (Å²) >= 11 is 0. The number of amides is 2. The van der Waals surface area contributed by atoms with E-state index in [0.717, 1.165) is 25.0 Å². The normalized spacial score (nSPS) is 15.0. The number of aryl methyl sites for hydroxylation is 1. The van der Waals surface area contributed by atoms with E-state index >= 15 is 0 Å². The lowest BCUT2D eigenvalue weighted by Gasteiger charge is -2.16. The Labute approximate surface area is 161 Å². The van der Waals surface area contributed by atoms with Gasteiger partial charge < -0.3 is 10.6 Å². The molecule has 3 rings (SSSR count). The zero-order valence-electron chi connectivity index (χ0n) is 15.2. The van der Waals surface area contributed by atoms with Crippen molar-refractivity contribution in [2.45, 2.75) is 31.9 Å². The average molecular weight is 390 g/mol. The van der Waals surface area contributed by atoms with Crippen molar-refractivity contribution in [1.29, 1.82) is 0 Å². The number of anilines is 1. The highest BCUT2D eigenvalue weighted by atomic mass is 19.4. The molecule has 4 nitrogen and oxygen atoms in total. The van der Waals surface area contributed by atoms with Crippen LogP contribution in [0, 0.1) is 5.41 Å². The van der Waals surface area contributed by atoms with Crippen LogP contribution < -0.4 is 10.6 Å².